The Kier molecular flexibility index (Phi) is 12.2. The van der Waals surface area contributed by atoms with Gasteiger partial charge in [-0.15, -0.1) is 0 Å². The molecule has 0 aliphatic rings. The van der Waals surface area contributed by atoms with Crippen LogP contribution in [0.5, 0.6) is 0 Å². The van der Waals surface area contributed by atoms with Crippen molar-refractivity contribution in [2.24, 2.45) is 0 Å². The van der Waals surface area contributed by atoms with Crippen molar-refractivity contribution >= 4 is 50.7 Å². The minimum Gasteiger partial charge on any atom is -0.354 e. The van der Waals surface area contributed by atoms with Crippen LogP contribution in [0.15, 0.2) is 42.5 Å². The molecule has 204 valence electrons. The Morgan fingerprint density at radius 3 is 2.32 bits per heavy atom. The van der Waals surface area contributed by atoms with Crippen LogP contribution < -0.4 is 9.62 Å². The number of carbonyl (C=O) groups excluding carboxylic acids is 2. The molecule has 10 heteroatoms. The van der Waals surface area contributed by atoms with Crippen molar-refractivity contribution in [1.82, 2.24) is 10.2 Å². The lowest BCUT2D eigenvalue weighted by molar-refractivity contribution is -0.141. The SMILES string of the molecule is CCCCNC(=O)[C@@H](CC)N(Cc1ccc(Cl)c(Cl)c1)C(=O)CCCN(c1ccccc1C)S(C)(=O)=O. The molecular formula is C27H37Cl2N3O4S. The molecule has 0 heterocycles. The molecule has 2 amide bonds. The number of sulfonamides is 1. The number of unbranched alkanes of at least 4 members (excludes halogenated alkanes) is 1. The zero-order chi connectivity index (χ0) is 27.6. The van der Waals surface area contributed by atoms with Gasteiger partial charge in [0.25, 0.3) is 0 Å². The summed E-state index contributed by atoms with van der Waals surface area (Å²) >= 11 is 12.2. The molecule has 0 saturated heterocycles. The summed E-state index contributed by atoms with van der Waals surface area (Å²) in [6, 6.07) is 11.7. The molecule has 0 fully saturated rings. The number of anilines is 1. The molecule has 0 aliphatic heterocycles. The molecule has 0 aromatic heterocycles. The summed E-state index contributed by atoms with van der Waals surface area (Å²) < 4.78 is 26.4. The van der Waals surface area contributed by atoms with E-state index < -0.39 is 16.1 Å². The van der Waals surface area contributed by atoms with Crippen molar-refractivity contribution in [3.05, 3.63) is 63.6 Å². The van der Waals surface area contributed by atoms with Gasteiger partial charge < -0.3 is 10.2 Å². The number of benzene rings is 2. The van der Waals surface area contributed by atoms with Gasteiger partial charge in [0.05, 0.1) is 22.0 Å². The zero-order valence-corrected chi connectivity index (χ0v) is 24.3. The molecule has 0 spiro atoms. The lowest BCUT2D eigenvalue weighted by Crippen LogP contribution is -2.49. The Balaban J connectivity index is 2.23. The Bertz CT molecular complexity index is 1170. The largest absolute Gasteiger partial charge is 0.354 e. The van der Waals surface area contributed by atoms with E-state index >= 15 is 0 Å². The quantitative estimate of drug-likeness (QED) is 0.301. The van der Waals surface area contributed by atoms with Gasteiger partial charge in [-0.05, 0) is 55.5 Å². The fraction of sp³-hybridized carbons (Fsp3) is 0.481. The van der Waals surface area contributed by atoms with Crippen molar-refractivity contribution < 1.29 is 18.0 Å². The summed E-state index contributed by atoms with van der Waals surface area (Å²) in [6.07, 6.45) is 3.77. The van der Waals surface area contributed by atoms with Gasteiger partial charge in [0.2, 0.25) is 21.8 Å². The first-order valence-electron chi connectivity index (χ1n) is 12.5. The van der Waals surface area contributed by atoms with E-state index in [1.165, 1.54) is 4.31 Å². The van der Waals surface area contributed by atoms with Crippen LogP contribution in [-0.2, 0) is 26.2 Å². The fourth-order valence-corrected chi connectivity index (χ4v) is 5.43. The van der Waals surface area contributed by atoms with Crippen LogP contribution in [0.1, 0.15) is 57.1 Å². The molecule has 2 rings (SSSR count). The van der Waals surface area contributed by atoms with Gasteiger partial charge in [0.15, 0.2) is 0 Å². The average Bonchev–Trinajstić information content (AvgIpc) is 2.84. The third-order valence-electron chi connectivity index (χ3n) is 6.09. The van der Waals surface area contributed by atoms with Crippen LogP contribution in [0, 0.1) is 6.92 Å². The van der Waals surface area contributed by atoms with Crippen LogP contribution in [0.25, 0.3) is 0 Å². The number of nitrogens with one attached hydrogen (secondary N) is 1. The number of hydrogen-bond donors (Lipinski definition) is 1. The van der Waals surface area contributed by atoms with Crippen molar-refractivity contribution in [3.63, 3.8) is 0 Å². The van der Waals surface area contributed by atoms with Crippen molar-refractivity contribution in [2.45, 2.75) is 65.5 Å². The van der Waals surface area contributed by atoms with E-state index in [-0.39, 0.29) is 31.3 Å². The van der Waals surface area contributed by atoms with Crippen molar-refractivity contribution in [2.75, 3.05) is 23.7 Å². The topological polar surface area (TPSA) is 86.8 Å². The van der Waals surface area contributed by atoms with Crippen LogP contribution in [0.2, 0.25) is 10.0 Å². The smallest absolute Gasteiger partial charge is 0.242 e. The Morgan fingerprint density at radius 1 is 1.03 bits per heavy atom. The highest BCUT2D eigenvalue weighted by atomic mass is 35.5. The van der Waals surface area contributed by atoms with Gasteiger partial charge in [-0.1, -0.05) is 67.7 Å². The van der Waals surface area contributed by atoms with Gasteiger partial charge in [0.1, 0.15) is 6.04 Å². The highest BCUT2D eigenvalue weighted by Crippen LogP contribution is 2.25. The summed E-state index contributed by atoms with van der Waals surface area (Å²) in [6.45, 7) is 6.63. The number of nitrogens with zero attached hydrogens (tertiary/aromatic N) is 2. The highest BCUT2D eigenvalue weighted by molar-refractivity contribution is 7.92. The van der Waals surface area contributed by atoms with Crippen LogP contribution in [-0.4, -0.2) is 50.5 Å². The minimum absolute atomic E-state index is 0.0813. The van der Waals surface area contributed by atoms with Gasteiger partial charge in [-0.25, -0.2) is 8.42 Å². The molecule has 7 nitrogen and oxygen atoms in total. The highest BCUT2D eigenvalue weighted by Gasteiger charge is 2.29. The van der Waals surface area contributed by atoms with E-state index in [0.717, 1.165) is 30.2 Å². The second-order valence-corrected chi connectivity index (χ2v) is 11.8. The number of aryl methyl sites for hydroxylation is 1. The number of carbonyl (C=O) groups is 2. The molecule has 0 aliphatic carbocycles. The molecule has 0 radical (unpaired) electrons. The molecule has 1 N–H and O–H groups in total. The molecule has 37 heavy (non-hydrogen) atoms. The summed E-state index contributed by atoms with van der Waals surface area (Å²) in [7, 11) is -3.55. The molecule has 0 bridgehead atoms. The molecule has 0 unspecified atom stereocenters. The average molecular weight is 571 g/mol. The number of halogens is 2. The summed E-state index contributed by atoms with van der Waals surface area (Å²) in [5.41, 5.74) is 2.17. The Morgan fingerprint density at radius 2 is 1.73 bits per heavy atom. The summed E-state index contributed by atoms with van der Waals surface area (Å²) in [5.74, 6) is -0.441. The predicted molar refractivity (Wildman–Crippen MR) is 152 cm³/mol. The number of amides is 2. The number of rotatable bonds is 14. The molecule has 2 aromatic rings. The first-order chi connectivity index (χ1) is 17.5. The van der Waals surface area contributed by atoms with E-state index in [2.05, 4.69) is 5.32 Å². The zero-order valence-electron chi connectivity index (χ0n) is 22.0. The van der Waals surface area contributed by atoms with Gasteiger partial charge in [-0.3, -0.25) is 13.9 Å². The lowest BCUT2D eigenvalue weighted by Gasteiger charge is -2.31. The first kappa shape index (κ1) is 30.9. The number of para-hydroxylation sites is 1. The van der Waals surface area contributed by atoms with Gasteiger partial charge >= 0.3 is 0 Å². The van der Waals surface area contributed by atoms with Crippen molar-refractivity contribution in [3.8, 4) is 0 Å². The van der Waals surface area contributed by atoms with E-state index in [0.29, 0.717) is 35.1 Å². The Labute approximate surface area is 231 Å². The number of hydrogen-bond acceptors (Lipinski definition) is 4. The van der Waals surface area contributed by atoms with E-state index in [4.69, 9.17) is 23.2 Å². The Hall–Kier alpha value is -2.29. The predicted octanol–water partition coefficient (Wildman–Crippen LogP) is 5.57. The van der Waals surface area contributed by atoms with Gasteiger partial charge in [-0.2, -0.15) is 0 Å². The van der Waals surface area contributed by atoms with E-state index in [1.807, 2.05) is 32.9 Å². The molecular weight excluding hydrogens is 533 g/mol. The first-order valence-corrected chi connectivity index (χ1v) is 15.1. The van der Waals surface area contributed by atoms with Gasteiger partial charge in [0, 0.05) is 26.1 Å². The second kappa shape index (κ2) is 14.6. The maximum atomic E-state index is 13.5. The maximum Gasteiger partial charge on any atom is 0.242 e. The monoisotopic (exact) mass is 569 g/mol. The molecule has 1 atom stereocenters. The molecule has 2 aromatic carbocycles. The third-order valence-corrected chi connectivity index (χ3v) is 8.01. The summed E-state index contributed by atoms with van der Waals surface area (Å²) in [5, 5.41) is 3.71. The van der Waals surface area contributed by atoms with E-state index in [9.17, 15) is 18.0 Å². The maximum absolute atomic E-state index is 13.5. The van der Waals surface area contributed by atoms with E-state index in [1.54, 1.807) is 35.2 Å². The summed E-state index contributed by atoms with van der Waals surface area (Å²) in [4.78, 5) is 28.0. The fourth-order valence-electron chi connectivity index (χ4n) is 4.09. The molecule has 0 saturated carbocycles. The van der Waals surface area contributed by atoms with Crippen LogP contribution in [0.3, 0.4) is 0 Å². The third kappa shape index (κ3) is 9.20. The standard InChI is InChI=1S/C27H37Cl2N3O4S/c1-5-7-16-30-27(34)24(6-2)31(19-21-14-15-22(28)23(29)18-21)26(33)13-10-17-32(37(4,35)36)25-12-9-8-11-20(25)3/h8-9,11-12,14-15,18,24H,5-7,10,13,16-17,19H2,1-4H3,(H,30,34)/t24-/m1/s1. The minimum atomic E-state index is -3.55. The van der Waals surface area contributed by atoms with Crippen LogP contribution >= 0.6 is 23.2 Å². The normalized spacial score (nSPS) is 12.2. The lowest BCUT2D eigenvalue weighted by atomic mass is 10.1. The second-order valence-electron chi connectivity index (χ2n) is 9.06. The van der Waals surface area contributed by atoms with Crippen molar-refractivity contribution in [1.29, 1.82) is 0 Å². The van der Waals surface area contributed by atoms with Crippen LogP contribution in [0.4, 0.5) is 5.69 Å².